The van der Waals surface area contributed by atoms with E-state index >= 15 is 0 Å². The van der Waals surface area contributed by atoms with Crippen molar-refractivity contribution < 1.29 is 4.74 Å². The van der Waals surface area contributed by atoms with Crippen molar-refractivity contribution in [3.05, 3.63) is 35.4 Å². The van der Waals surface area contributed by atoms with Gasteiger partial charge in [-0.25, -0.2) is 0 Å². The summed E-state index contributed by atoms with van der Waals surface area (Å²) in [5, 5.41) is 3.45. The maximum atomic E-state index is 6.09. The molecule has 1 aromatic rings. The molecule has 0 amide bonds. The molecule has 1 atom stereocenters. The van der Waals surface area contributed by atoms with Crippen LogP contribution in [-0.4, -0.2) is 13.1 Å². The molecule has 0 aromatic heterocycles. The molecule has 0 aliphatic carbocycles. The van der Waals surface area contributed by atoms with Crippen LogP contribution in [-0.2, 0) is 16.9 Å². The summed E-state index contributed by atoms with van der Waals surface area (Å²) in [7, 11) is 0. The van der Waals surface area contributed by atoms with E-state index in [-0.39, 0.29) is 5.60 Å². The number of hydrogen-bond donors (Lipinski definition) is 1. The average Bonchev–Trinajstić information content (AvgIpc) is 2.48. The third-order valence-electron chi connectivity index (χ3n) is 3.65. The van der Waals surface area contributed by atoms with E-state index in [1.165, 1.54) is 17.5 Å². The molecule has 1 spiro atoms. The summed E-state index contributed by atoms with van der Waals surface area (Å²) in [5.41, 5.74) is 2.85. The van der Waals surface area contributed by atoms with Gasteiger partial charge in [-0.05, 0) is 43.5 Å². The average molecular weight is 203 g/mol. The lowest BCUT2D eigenvalue weighted by Crippen LogP contribution is -2.26. The number of fused-ring (bicyclic) bond motifs is 2. The number of benzene rings is 1. The SMILES string of the molecule is c1ccc2c(c1)CO[C@@]21CCCNCC1. The van der Waals surface area contributed by atoms with E-state index in [0.717, 1.165) is 32.5 Å². The molecule has 2 heterocycles. The van der Waals surface area contributed by atoms with Crippen molar-refractivity contribution in [2.24, 2.45) is 0 Å². The highest BCUT2D eigenvalue weighted by Crippen LogP contribution is 2.42. The maximum absolute atomic E-state index is 6.09. The predicted octanol–water partition coefficient (Wildman–Crippen LogP) is 2.19. The van der Waals surface area contributed by atoms with E-state index in [4.69, 9.17) is 4.74 Å². The second kappa shape index (κ2) is 3.62. The van der Waals surface area contributed by atoms with E-state index in [9.17, 15) is 0 Å². The normalized spacial score (nSPS) is 30.1. The Bertz CT molecular complexity index is 353. The van der Waals surface area contributed by atoms with E-state index in [1.54, 1.807) is 0 Å². The van der Waals surface area contributed by atoms with Gasteiger partial charge in [0, 0.05) is 0 Å². The van der Waals surface area contributed by atoms with Gasteiger partial charge in [-0.2, -0.15) is 0 Å². The van der Waals surface area contributed by atoms with Crippen LogP contribution in [0.25, 0.3) is 0 Å². The van der Waals surface area contributed by atoms with Gasteiger partial charge in [0.15, 0.2) is 0 Å². The number of hydrogen-bond acceptors (Lipinski definition) is 2. The molecule has 1 N–H and O–H groups in total. The van der Waals surface area contributed by atoms with Crippen molar-refractivity contribution in [2.75, 3.05) is 13.1 Å². The molecule has 2 nitrogen and oxygen atoms in total. The Balaban J connectivity index is 1.99. The fourth-order valence-corrected chi connectivity index (χ4v) is 2.84. The lowest BCUT2D eigenvalue weighted by atomic mass is 9.86. The minimum atomic E-state index is 0.0279. The molecule has 2 aliphatic rings. The van der Waals surface area contributed by atoms with Crippen LogP contribution in [0.15, 0.2) is 24.3 Å². The molecule has 15 heavy (non-hydrogen) atoms. The van der Waals surface area contributed by atoms with Gasteiger partial charge in [0.1, 0.15) is 0 Å². The Morgan fingerprint density at radius 3 is 3.07 bits per heavy atom. The third kappa shape index (κ3) is 1.48. The number of rotatable bonds is 0. The first-order valence-electron chi connectivity index (χ1n) is 5.84. The molecule has 3 rings (SSSR count). The van der Waals surface area contributed by atoms with E-state index in [0.29, 0.717) is 0 Å². The van der Waals surface area contributed by atoms with Gasteiger partial charge in [0.25, 0.3) is 0 Å². The summed E-state index contributed by atoms with van der Waals surface area (Å²) < 4.78 is 6.09. The van der Waals surface area contributed by atoms with Crippen molar-refractivity contribution >= 4 is 0 Å². The smallest absolute Gasteiger partial charge is 0.0951 e. The predicted molar refractivity (Wildman–Crippen MR) is 59.6 cm³/mol. The Morgan fingerprint density at radius 2 is 2.07 bits per heavy atom. The molecular formula is C13H17NO. The third-order valence-corrected chi connectivity index (χ3v) is 3.65. The molecule has 0 unspecified atom stereocenters. The van der Waals surface area contributed by atoms with Gasteiger partial charge in [-0.15, -0.1) is 0 Å². The molecule has 0 saturated carbocycles. The Labute approximate surface area is 90.6 Å². The fraction of sp³-hybridized carbons (Fsp3) is 0.538. The largest absolute Gasteiger partial charge is 0.366 e. The van der Waals surface area contributed by atoms with Gasteiger partial charge < -0.3 is 10.1 Å². The van der Waals surface area contributed by atoms with Crippen molar-refractivity contribution in [2.45, 2.75) is 31.5 Å². The fourth-order valence-electron chi connectivity index (χ4n) is 2.84. The highest BCUT2D eigenvalue weighted by atomic mass is 16.5. The second-order valence-electron chi connectivity index (χ2n) is 4.54. The van der Waals surface area contributed by atoms with Crippen LogP contribution in [0, 0.1) is 0 Å². The zero-order valence-electron chi connectivity index (χ0n) is 8.96. The zero-order chi connectivity index (χ0) is 10.1. The Kier molecular flexibility index (Phi) is 2.26. The molecule has 0 bridgehead atoms. The van der Waals surface area contributed by atoms with Crippen LogP contribution >= 0.6 is 0 Å². The first-order valence-corrected chi connectivity index (χ1v) is 5.84. The molecule has 1 saturated heterocycles. The topological polar surface area (TPSA) is 21.3 Å². The standard InChI is InChI=1S/C13H17NO/c1-2-5-12-11(4-1)10-15-13(12)6-3-8-14-9-7-13/h1-2,4-5,14H,3,6-10H2/t13-/m1/s1. The molecule has 0 radical (unpaired) electrons. The maximum Gasteiger partial charge on any atom is 0.0951 e. The summed E-state index contributed by atoms with van der Waals surface area (Å²) in [6.45, 7) is 3.01. The minimum Gasteiger partial charge on any atom is -0.366 e. The van der Waals surface area contributed by atoms with Crippen LogP contribution in [0.3, 0.4) is 0 Å². The quantitative estimate of drug-likeness (QED) is 0.698. The Morgan fingerprint density at radius 1 is 1.13 bits per heavy atom. The van der Waals surface area contributed by atoms with Gasteiger partial charge in [-0.3, -0.25) is 0 Å². The van der Waals surface area contributed by atoms with Crippen LogP contribution in [0.1, 0.15) is 30.4 Å². The molecular weight excluding hydrogens is 186 g/mol. The first kappa shape index (κ1) is 9.37. The van der Waals surface area contributed by atoms with Crippen LogP contribution < -0.4 is 5.32 Å². The summed E-state index contributed by atoms with van der Waals surface area (Å²) in [5.74, 6) is 0. The lowest BCUT2D eigenvalue weighted by molar-refractivity contribution is -0.0469. The van der Waals surface area contributed by atoms with Crippen LogP contribution in [0.2, 0.25) is 0 Å². The van der Waals surface area contributed by atoms with E-state index in [2.05, 4.69) is 29.6 Å². The number of ether oxygens (including phenoxy) is 1. The molecule has 80 valence electrons. The second-order valence-corrected chi connectivity index (χ2v) is 4.54. The van der Waals surface area contributed by atoms with E-state index in [1.807, 2.05) is 0 Å². The first-order chi connectivity index (χ1) is 7.41. The zero-order valence-corrected chi connectivity index (χ0v) is 8.96. The van der Waals surface area contributed by atoms with Crippen LogP contribution in [0.4, 0.5) is 0 Å². The van der Waals surface area contributed by atoms with Gasteiger partial charge in [0.05, 0.1) is 12.2 Å². The molecule has 2 heteroatoms. The summed E-state index contributed by atoms with van der Waals surface area (Å²) in [4.78, 5) is 0. The summed E-state index contributed by atoms with van der Waals surface area (Å²) in [6.07, 6.45) is 3.50. The van der Waals surface area contributed by atoms with Crippen molar-refractivity contribution in [1.29, 1.82) is 0 Å². The molecule has 1 aromatic carbocycles. The lowest BCUT2D eigenvalue weighted by Gasteiger charge is -2.27. The molecule has 2 aliphatic heterocycles. The van der Waals surface area contributed by atoms with Gasteiger partial charge >= 0.3 is 0 Å². The Hall–Kier alpha value is -0.860. The van der Waals surface area contributed by atoms with Gasteiger partial charge in [0.2, 0.25) is 0 Å². The molecule has 1 fully saturated rings. The summed E-state index contributed by atoms with van der Waals surface area (Å²) >= 11 is 0. The van der Waals surface area contributed by atoms with E-state index < -0.39 is 0 Å². The monoisotopic (exact) mass is 203 g/mol. The van der Waals surface area contributed by atoms with Crippen molar-refractivity contribution in [3.63, 3.8) is 0 Å². The summed E-state index contributed by atoms with van der Waals surface area (Å²) in [6, 6.07) is 8.68. The highest BCUT2D eigenvalue weighted by Gasteiger charge is 2.39. The van der Waals surface area contributed by atoms with Crippen molar-refractivity contribution in [3.8, 4) is 0 Å². The highest BCUT2D eigenvalue weighted by molar-refractivity contribution is 5.35. The minimum absolute atomic E-state index is 0.0279. The van der Waals surface area contributed by atoms with Gasteiger partial charge in [-0.1, -0.05) is 24.3 Å². The van der Waals surface area contributed by atoms with Crippen molar-refractivity contribution in [1.82, 2.24) is 5.32 Å². The number of nitrogens with one attached hydrogen (secondary N) is 1. The van der Waals surface area contributed by atoms with Crippen LogP contribution in [0.5, 0.6) is 0 Å².